The number of aryl methyl sites for hydroxylation is 1. The molecule has 1 aliphatic rings. The van der Waals surface area contributed by atoms with Gasteiger partial charge < -0.3 is 10.2 Å². The monoisotopic (exact) mass is 579 g/mol. The van der Waals surface area contributed by atoms with Crippen LogP contribution in [0.3, 0.4) is 0 Å². The third-order valence-corrected chi connectivity index (χ3v) is 8.57. The maximum atomic E-state index is 14.1. The number of nitrogens with one attached hydrogen (secondary N) is 1. The van der Waals surface area contributed by atoms with Gasteiger partial charge in [0.05, 0.1) is 11.9 Å². The summed E-state index contributed by atoms with van der Waals surface area (Å²) in [6.45, 7) is 1.48. The Hall–Kier alpha value is -3.72. The Balaban J connectivity index is 1.72. The lowest BCUT2D eigenvalue weighted by Gasteiger charge is -2.35. The minimum atomic E-state index is -3.95. The number of halogens is 1. The van der Waals surface area contributed by atoms with E-state index in [0.717, 1.165) is 65.4 Å². The van der Waals surface area contributed by atoms with E-state index in [2.05, 4.69) is 5.32 Å². The van der Waals surface area contributed by atoms with Crippen molar-refractivity contribution in [3.63, 3.8) is 0 Å². The first-order chi connectivity index (χ1) is 19.6. The predicted octanol–water partition coefficient (Wildman–Crippen LogP) is 4.99. The summed E-state index contributed by atoms with van der Waals surface area (Å²) < 4.78 is 40.6. The zero-order valence-electron chi connectivity index (χ0n) is 23.6. The Labute approximate surface area is 242 Å². The molecule has 1 fully saturated rings. The van der Waals surface area contributed by atoms with Crippen molar-refractivity contribution >= 4 is 27.5 Å². The highest BCUT2D eigenvalue weighted by atomic mass is 32.2. The first-order valence-electron chi connectivity index (χ1n) is 14.0. The topological polar surface area (TPSA) is 86.8 Å². The van der Waals surface area contributed by atoms with Gasteiger partial charge in [-0.05, 0) is 49.1 Å². The van der Waals surface area contributed by atoms with Gasteiger partial charge in [0.15, 0.2) is 0 Å². The van der Waals surface area contributed by atoms with Crippen LogP contribution in [0.25, 0.3) is 0 Å². The second-order valence-corrected chi connectivity index (χ2v) is 12.7. The smallest absolute Gasteiger partial charge is 0.244 e. The molecule has 2 amide bonds. The number of anilines is 1. The van der Waals surface area contributed by atoms with E-state index in [-0.39, 0.29) is 30.6 Å². The van der Waals surface area contributed by atoms with Crippen molar-refractivity contribution in [3.8, 4) is 0 Å². The van der Waals surface area contributed by atoms with Crippen molar-refractivity contribution in [2.24, 2.45) is 0 Å². The van der Waals surface area contributed by atoms with E-state index in [9.17, 15) is 22.4 Å². The molecular weight excluding hydrogens is 541 g/mol. The van der Waals surface area contributed by atoms with Crippen LogP contribution in [0.4, 0.5) is 10.1 Å². The molecule has 1 atom stereocenters. The van der Waals surface area contributed by atoms with Crippen molar-refractivity contribution in [2.45, 2.75) is 64.1 Å². The summed E-state index contributed by atoms with van der Waals surface area (Å²) in [4.78, 5) is 29.5. The lowest BCUT2D eigenvalue weighted by molar-refractivity contribution is -0.140. The molecule has 7 nitrogen and oxygen atoms in total. The number of hydrogen-bond acceptors (Lipinski definition) is 4. The Morgan fingerprint density at radius 3 is 2.27 bits per heavy atom. The molecule has 0 radical (unpaired) electrons. The molecule has 1 unspecified atom stereocenters. The summed E-state index contributed by atoms with van der Waals surface area (Å²) in [6, 6.07) is 21.4. The van der Waals surface area contributed by atoms with Crippen LogP contribution >= 0.6 is 0 Å². The van der Waals surface area contributed by atoms with Crippen LogP contribution in [-0.4, -0.2) is 50.0 Å². The van der Waals surface area contributed by atoms with Gasteiger partial charge in [0.1, 0.15) is 18.4 Å². The van der Waals surface area contributed by atoms with E-state index >= 15 is 0 Å². The highest BCUT2D eigenvalue weighted by Crippen LogP contribution is 2.22. The molecule has 9 heteroatoms. The van der Waals surface area contributed by atoms with Crippen molar-refractivity contribution in [2.75, 3.05) is 17.1 Å². The van der Waals surface area contributed by atoms with Crippen LogP contribution in [0.5, 0.6) is 0 Å². The van der Waals surface area contributed by atoms with Gasteiger partial charge in [-0.25, -0.2) is 12.8 Å². The van der Waals surface area contributed by atoms with Gasteiger partial charge in [0, 0.05) is 19.0 Å². The molecule has 4 rings (SSSR count). The minimum absolute atomic E-state index is 0.0326. The van der Waals surface area contributed by atoms with Crippen molar-refractivity contribution in [3.05, 3.63) is 101 Å². The van der Waals surface area contributed by atoms with E-state index in [0.29, 0.717) is 0 Å². The number of amides is 2. The third kappa shape index (κ3) is 8.63. The Bertz CT molecular complexity index is 1440. The van der Waals surface area contributed by atoms with E-state index < -0.39 is 34.3 Å². The van der Waals surface area contributed by atoms with Crippen molar-refractivity contribution in [1.29, 1.82) is 0 Å². The zero-order chi connectivity index (χ0) is 29.4. The van der Waals surface area contributed by atoms with Crippen LogP contribution in [0.2, 0.25) is 0 Å². The number of carbonyl (C=O) groups is 2. The van der Waals surface area contributed by atoms with E-state index in [1.165, 1.54) is 23.1 Å². The molecule has 3 aromatic carbocycles. The third-order valence-electron chi connectivity index (χ3n) is 7.43. The Morgan fingerprint density at radius 1 is 0.927 bits per heavy atom. The largest absolute Gasteiger partial charge is 0.352 e. The van der Waals surface area contributed by atoms with Crippen LogP contribution in [-0.2, 0) is 32.6 Å². The molecule has 1 N–H and O–H groups in total. The minimum Gasteiger partial charge on any atom is -0.352 e. The maximum Gasteiger partial charge on any atom is 0.244 e. The van der Waals surface area contributed by atoms with Crippen LogP contribution in [0, 0.1) is 12.7 Å². The average Bonchev–Trinajstić information content (AvgIpc) is 2.94. The number of sulfonamides is 1. The number of carbonyl (C=O) groups excluding carboxylic acids is 2. The molecule has 1 saturated carbocycles. The zero-order valence-corrected chi connectivity index (χ0v) is 24.4. The fraction of sp³-hybridized carbons (Fsp3) is 0.375. The molecule has 0 spiro atoms. The lowest BCUT2D eigenvalue weighted by atomic mass is 9.94. The van der Waals surface area contributed by atoms with Crippen LogP contribution in [0.15, 0.2) is 78.9 Å². The molecule has 0 bridgehead atoms. The summed E-state index contributed by atoms with van der Waals surface area (Å²) in [5.41, 5.74) is 2.74. The van der Waals surface area contributed by atoms with E-state index in [4.69, 9.17) is 0 Å². The van der Waals surface area contributed by atoms with Gasteiger partial charge in [-0.2, -0.15) is 0 Å². The number of hydrogen-bond donors (Lipinski definition) is 1. The van der Waals surface area contributed by atoms with Crippen LogP contribution < -0.4 is 9.62 Å². The van der Waals surface area contributed by atoms with E-state index in [1.807, 2.05) is 61.5 Å². The summed E-state index contributed by atoms with van der Waals surface area (Å²) in [6.07, 6.45) is 6.23. The van der Waals surface area contributed by atoms with Gasteiger partial charge in [-0.3, -0.25) is 13.9 Å². The number of nitrogens with zero attached hydrogens (tertiary/aromatic N) is 2. The van der Waals surface area contributed by atoms with Crippen molar-refractivity contribution < 1.29 is 22.4 Å². The van der Waals surface area contributed by atoms with Gasteiger partial charge in [-0.1, -0.05) is 85.5 Å². The van der Waals surface area contributed by atoms with Gasteiger partial charge in [0.25, 0.3) is 0 Å². The molecule has 41 heavy (non-hydrogen) atoms. The summed E-state index contributed by atoms with van der Waals surface area (Å²) in [5, 5.41) is 3.18. The average molecular weight is 580 g/mol. The Morgan fingerprint density at radius 2 is 1.61 bits per heavy atom. The molecule has 0 saturated heterocycles. The summed E-state index contributed by atoms with van der Waals surface area (Å²) >= 11 is 0. The van der Waals surface area contributed by atoms with Gasteiger partial charge in [-0.15, -0.1) is 0 Å². The van der Waals surface area contributed by atoms with Gasteiger partial charge >= 0.3 is 0 Å². The molecule has 1 aliphatic carbocycles. The molecule has 218 valence electrons. The number of rotatable bonds is 11. The highest BCUT2D eigenvalue weighted by Gasteiger charge is 2.34. The number of benzene rings is 3. The van der Waals surface area contributed by atoms with Crippen molar-refractivity contribution in [1.82, 2.24) is 10.2 Å². The lowest BCUT2D eigenvalue weighted by Crippen LogP contribution is -2.55. The summed E-state index contributed by atoms with van der Waals surface area (Å²) in [5.74, 6) is -1.44. The molecule has 0 heterocycles. The first kappa shape index (κ1) is 30.2. The fourth-order valence-corrected chi connectivity index (χ4v) is 6.19. The summed E-state index contributed by atoms with van der Waals surface area (Å²) in [7, 11) is -3.95. The standard InChI is InChI=1S/C32H38FN3O4S/c1-24-11-9-14-26(19-24)22-35(31(37)23-36(41(2,39)40)29-18-10-15-27(33)21-29)30(20-25-12-5-3-6-13-25)32(38)34-28-16-7-4-8-17-28/h3,5-6,9-15,18-19,21,28,30H,4,7-8,16-17,20,22-23H2,1-2H3,(H,34,38). The SMILES string of the molecule is Cc1cccc(CN(C(=O)CN(c2cccc(F)c2)S(C)(=O)=O)C(Cc2ccccc2)C(=O)NC2CCCCC2)c1. The Kier molecular flexibility index (Phi) is 10.2. The fourth-order valence-electron chi connectivity index (χ4n) is 5.35. The second kappa shape index (κ2) is 13.8. The molecular formula is C32H38FN3O4S. The quantitative estimate of drug-likeness (QED) is 0.347. The van der Waals surface area contributed by atoms with E-state index in [1.54, 1.807) is 0 Å². The molecule has 0 aliphatic heterocycles. The molecule has 3 aromatic rings. The molecule has 0 aromatic heterocycles. The van der Waals surface area contributed by atoms with Gasteiger partial charge in [0.2, 0.25) is 21.8 Å². The maximum absolute atomic E-state index is 14.1. The van der Waals surface area contributed by atoms with Crippen LogP contribution in [0.1, 0.15) is 48.8 Å². The second-order valence-electron chi connectivity index (χ2n) is 10.8. The first-order valence-corrected chi connectivity index (χ1v) is 15.9. The highest BCUT2D eigenvalue weighted by molar-refractivity contribution is 7.92. The normalized spacial score (nSPS) is 14.7. The predicted molar refractivity (Wildman–Crippen MR) is 159 cm³/mol.